The van der Waals surface area contributed by atoms with Gasteiger partial charge in [-0.3, -0.25) is 14.5 Å². The molecule has 8 heteroatoms. The van der Waals surface area contributed by atoms with Crippen LogP contribution in [0.15, 0.2) is 30.3 Å². The molecule has 3 aliphatic heterocycles. The van der Waals surface area contributed by atoms with Crippen molar-refractivity contribution in [3.63, 3.8) is 0 Å². The predicted octanol–water partition coefficient (Wildman–Crippen LogP) is 4.47. The molecular formula is C29H45ClN4O3. The fraction of sp³-hybridized carbons (Fsp3) is 0.690. The number of nitrogens with zero attached hydrogens (tertiary/aromatic N) is 4. The van der Waals surface area contributed by atoms with Gasteiger partial charge in [0.15, 0.2) is 0 Å². The lowest BCUT2D eigenvalue weighted by Gasteiger charge is -2.43. The van der Waals surface area contributed by atoms with Gasteiger partial charge in [0.05, 0.1) is 0 Å². The van der Waals surface area contributed by atoms with Gasteiger partial charge in [-0.05, 0) is 35.7 Å². The average Bonchev–Trinajstić information content (AvgIpc) is 3.31. The quantitative estimate of drug-likeness (QED) is 0.507. The van der Waals surface area contributed by atoms with Crippen molar-refractivity contribution in [1.82, 2.24) is 19.6 Å². The zero-order chi connectivity index (χ0) is 26.3. The standard InChI is InChI=1S/C29H44N4O3.ClH/c1-21(2)17-33-27(36)30(6)26(35)29(33)12-14-31(15-13-29)18-23-19-32(25(34)16-28(3,4)5)20-24(23)22-10-8-7-9-11-22;/h7-11,21,23-24H,12-20H2,1-6H3;1H. The lowest BCUT2D eigenvalue weighted by Crippen LogP contribution is -2.57. The van der Waals surface area contributed by atoms with Gasteiger partial charge < -0.3 is 14.7 Å². The molecule has 0 N–H and O–H groups in total. The predicted molar refractivity (Wildman–Crippen MR) is 149 cm³/mol. The number of likely N-dealkylation sites (N-methyl/N-ethyl adjacent to an activating group) is 1. The van der Waals surface area contributed by atoms with E-state index in [4.69, 9.17) is 0 Å². The van der Waals surface area contributed by atoms with Crippen LogP contribution < -0.4 is 0 Å². The highest BCUT2D eigenvalue weighted by Gasteiger charge is 2.57. The van der Waals surface area contributed by atoms with Crippen LogP contribution in [0.4, 0.5) is 4.79 Å². The summed E-state index contributed by atoms with van der Waals surface area (Å²) < 4.78 is 0. The number of benzene rings is 1. The Kier molecular flexibility index (Phi) is 9.01. The van der Waals surface area contributed by atoms with Crippen molar-refractivity contribution >= 4 is 30.3 Å². The highest BCUT2D eigenvalue weighted by atomic mass is 35.5. The maximum atomic E-state index is 13.2. The van der Waals surface area contributed by atoms with Crippen LogP contribution in [0.25, 0.3) is 0 Å². The van der Waals surface area contributed by atoms with Gasteiger partial charge in [0.1, 0.15) is 5.54 Å². The van der Waals surface area contributed by atoms with Crippen LogP contribution in [-0.2, 0) is 9.59 Å². The SMILES string of the molecule is CC(C)CN1C(=O)N(C)C(=O)C12CCN(CC1CN(C(=O)CC(C)(C)C)CC1c1ccccc1)CC2.Cl. The molecule has 0 aromatic heterocycles. The lowest BCUT2D eigenvalue weighted by molar-refractivity contribution is -0.135. The number of halogens is 1. The molecule has 1 spiro atoms. The molecule has 1 aromatic rings. The van der Waals surface area contributed by atoms with Crippen molar-refractivity contribution in [1.29, 1.82) is 0 Å². The highest BCUT2D eigenvalue weighted by molar-refractivity contribution is 6.06. The van der Waals surface area contributed by atoms with Crippen LogP contribution in [-0.4, -0.2) is 89.3 Å². The molecule has 206 valence electrons. The summed E-state index contributed by atoms with van der Waals surface area (Å²) in [5, 5.41) is 0. The third kappa shape index (κ3) is 6.14. The molecule has 1 aromatic carbocycles. The van der Waals surface area contributed by atoms with E-state index in [9.17, 15) is 14.4 Å². The van der Waals surface area contributed by atoms with Gasteiger partial charge in [0.25, 0.3) is 5.91 Å². The molecule has 0 bridgehead atoms. The van der Waals surface area contributed by atoms with Crippen LogP contribution >= 0.6 is 12.4 Å². The molecule has 37 heavy (non-hydrogen) atoms. The summed E-state index contributed by atoms with van der Waals surface area (Å²) in [6.45, 7) is 15.2. The number of urea groups is 1. The monoisotopic (exact) mass is 532 g/mol. The van der Waals surface area contributed by atoms with Crippen molar-refractivity contribution in [3.8, 4) is 0 Å². The third-order valence-electron chi connectivity index (χ3n) is 8.16. The van der Waals surface area contributed by atoms with Gasteiger partial charge in [0, 0.05) is 58.7 Å². The summed E-state index contributed by atoms with van der Waals surface area (Å²) in [5.41, 5.74) is 0.567. The molecule has 4 amide bonds. The fourth-order valence-corrected chi connectivity index (χ4v) is 6.32. The van der Waals surface area contributed by atoms with Crippen LogP contribution in [0.1, 0.15) is 65.4 Å². The second-order valence-electron chi connectivity index (χ2n) is 12.8. The van der Waals surface area contributed by atoms with Gasteiger partial charge in [0.2, 0.25) is 5.91 Å². The Labute approximate surface area is 228 Å². The Morgan fingerprint density at radius 2 is 1.68 bits per heavy atom. The van der Waals surface area contributed by atoms with Gasteiger partial charge in [-0.25, -0.2) is 4.79 Å². The number of carbonyl (C=O) groups excluding carboxylic acids is 3. The Hall–Kier alpha value is -2.12. The Morgan fingerprint density at radius 1 is 1.05 bits per heavy atom. The Bertz CT molecular complexity index is 969. The van der Waals surface area contributed by atoms with Crippen molar-refractivity contribution in [3.05, 3.63) is 35.9 Å². The zero-order valence-electron chi connectivity index (χ0n) is 23.4. The summed E-state index contributed by atoms with van der Waals surface area (Å²) >= 11 is 0. The van der Waals surface area contributed by atoms with Gasteiger partial charge >= 0.3 is 6.03 Å². The van der Waals surface area contributed by atoms with E-state index < -0.39 is 5.54 Å². The Balaban J connectivity index is 0.00000380. The molecule has 2 unspecified atom stereocenters. The molecular weight excluding hydrogens is 488 g/mol. The molecule has 3 heterocycles. The van der Waals surface area contributed by atoms with Crippen molar-refractivity contribution in [2.45, 2.75) is 65.3 Å². The topological polar surface area (TPSA) is 64.2 Å². The minimum atomic E-state index is -0.699. The maximum absolute atomic E-state index is 13.2. The first-order valence-electron chi connectivity index (χ1n) is 13.6. The second kappa shape index (κ2) is 11.3. The normalized spacial score (nSPS) is 24.4. The minimum absolute atomic E-state index is 0. The van der Waals surface area contributed by atoms with E-state index in [1.165, 1.54) is 10.5 Å². The van der Waals surface area contributed by atoms with E-state index in [0.29, 0.717) is 43.6 Å². The van der Waals surface area contributed by atoms with E-state index >= 15 is 0 Å². The van der Waals surface area contributed by atoms with Crippen LogP contribution in [0.2, 0.25) is 0 Å². The average molecular weight is 533 g/mol. The zero-order valence-corrected chi connectivity index (χ0v) is 24.2. The summed E-state index contributed by atoms with van der Waals surface area (Å²) in [5.74, 6) is 1.16. The number of imide groups is 1. The molecule has 3 fully saturated rings. The summed E-state index contributed by atoms with van der Waals surface area (Å²) in [6.07, 6.45) is 1.90. The fourth-order valence-electron chi connectivity index (χ4n) is 6.32. The highest BCUT2D eigenvalue weighted by Crippen LogP contribution is 2.39. The van der Waals surface area contributed by atoms with Crippen molar-refractivity contribution in [2.24, 2.45) is 17.3 Å². The van der Waals surface area contributed by atoms with E-state index in [0.717, 1.165) is 32.7 Å². The van der Waals surface area contributed by atoms with Crippen molar-refractivity contribution in [2.75, 3.05) is 46.3 Å². The smallest absolute Gasteiger partial charge is 0.327 e. The molecule has 0 radical (unpaired) electrons. The molecule has 7 nitrogen and oxygen atoms in total. The van der Waals surface area contributed by atoms with Crippen LogP contribution in [0, 0.1) is 17.3 Å². The number of hydrogen-bond acceptors (Lipinski definition) is 4. The maximum Gasteiger partial charge on any atom is 0.327 e. The summed E-state index contributed by atoms with van der Waals surface area (Å²) in [4.78, 5) is 46.8. The summed E-state index contributed by atoms with van der Waals surface area (Å²) in [7, 11) is 1.62. The Morgan fingerprint density at radius 3 is 2.24 bits per heavy atom. The van der Waals surface area contributed by atoms with Gasteiger partial charge in [-0.15, -0.1) is 12.4 Å². The first kappa shape index (κ1) is 29.4. The van der Waals surface area contributed by atoms with E-state index in [-0.39, 0.29) is 35.7 Å². The van der Waals surface area contributed by atoms with E-state index in [1.54, 1.807) is 7.05 Å². The third-order valence-corrected chi connectivity index (χ3v) is 8.16. The van der Waals surface area contributed by atoms with Gasteiger partial charge in [-0.1, -0.05) is 65.0 Å². The van der Waals surface area contributed by atoms with E-state index in [1.807, 2.05) is 11.0 Å². The first-order valence-corrected chi connectivity index (χ1v) is 13.6. The number of carbonyl (C=O) groups is 3. The molecule has 0 saturated carbocycles. The number of hydrogen-bond donors (Lipinski definition) is 0. The molecule has 3 saturated heterocycles. The van der Waals surface area contributed by atoms with Gasteiger partial charge in [-0.2, -0.15) is 0 Å². The lowest BCUT2D eigenvalue weighted by atomic mass is 9.84. The van der Waals surface area contributed by atoms with E-state index in [2.05, 4.69) is 68.7 Å². The largest absolute Gasteiger partial charge is 0.342 e. The van der Waals surface area contributed by atoms with Crippen molar-refractivity contribution < 1.29 is 14.4 Å². The minimum Gasteiger partial charge on any atom is -0.342 e. The number of likely N-dealkylation sites (tertiary alicyclic amines) is 2. The first-order chi connectivity index (χ1) is 16.9. The molecule has 4 rings (SSSR count). The molecule has 3 aliphatic rings. The van der Waals surface area contributed by atoms with Crippen LogP contribution in [0.3, 0.4) is 0 Å². The molecule has 0 aliphatic carbocycles. The second-order valence-corrected chi connectivity index (χ2v) is 12.8. The number of piperidine rings is 1. The molecule has 2 atom stereocenters. The summed E-state index contributed by atoms with van der Waals surface area (Å²) in [6, 6.07) is 10.4. The number of amides is 4. The van der Waals surface area contributed by atoms with Crippen LogP contribution in [0.5, 0.6) is 0 Å². The number of rotatable bonds is 6.